The molecule has 2 N–H and O–H groups in total. The van der Waals surface area contributed by atoms with Crippen LogP contribution in [-0.4, -0.2) is 25.1 Å². The van der Waals surface area contributed by atoms with Crippen molar-refractivity contribution in [3.8, 4) is 18.1 Å². The summed E-state index contributed by atoms with van der Waals surface area (Å²) in [4.78, 5) is 11.3. The zero-order valence-electron chi connectivity index (χ0n) is 11.4. The zero-order chi connectivity index (χ0) is 14.1. The summed E-state index contributed by atoms with van der Waals surface area (Å²) in [6, 6.07) is 8.11. The molecule has 0 fully saturated rings. The number of hydrogen-bond donors (Lipinski definition) is 2. The Balaban J connectivity index is 2.36. The number of ether oxygens (including phenoxy) is 1. The third-order valence-corrected chi connectivity index (χ3v) is 2.40. The second-order valence-corrected chi connectivity index (χ2v) is 4.45. The van der Waals surface area contributed by atoms with Gasteiger partial charge in [-0.05, 0) is 17.7 Å². The average molecular weight is 260 g/mol. The van der Waals surface area contributed by atoms with E-state index in [0.29, 0.717) is 11.8 Å². The van der Waals surface area contributed by atoms with E-state index in [1.54, 1.807) is 0 Å². The van der Waals surface area contributed by atoms with Gasteiger partial charge >= 0.3 is 0 Å². The Labute approximate surface area is 114 Å². The van der Waals surface area contributed by atoms with Gasteiger partial charge in [0, 0.05) is 12.6 Å². The fraction of sp³-hybridized carbons (Fsp3) is 0.400. The van der Waals surface area contributed by atoms with Crippen molar-refractivity contribution in [2.75, 3.05) is 13.2 Å². The summed E-state index contributed by atoms with van der Waals surface area (Å²) in [6.07, 6.45) is 5.04. The first-order valence-electron chi connectivity index (χ1n) is 6.27. The molecule has 0 aromatic heterocycles. The number of rotatable bonds is 7. The van der Waals surface area contributed by atoms with Crippen molar-refractivity contribution in [2.24, 2.45) is 0 Å². The number of hydrogen-bond acceptors (Lipinski definition) is 3. The fourth-order valence-electron chi connectivity index (χ4n) is 1.38. The predicted octanol–water partition coefficient (Wildman–Crippen LogP) is 1.31. The Bertz CT molecular complexity index is 432. The van der Waals surface area contributed by atoms with E-state index < -0.39 is 0 Å². The molecule has 4 nitrogen and oxygen atoms in total. The minimum absolute atomic E-state index is 0.0225. The van der Waals surface area contributed by atoms with E-state index in [9.17, 15) is 4.79 Å². The first-order valence-corrected chi connectivity index (χ1v) is 6.27. The van der Waals surface area contributed by atoms with Crippen LogP contribution in [0.2, 0.25) is 0 Å². The molecule has 0 aliphatic heterocycles. The van der Waals surface area contributed by atoms with Crippen molar-refractivity contribution in [1.82, 2.24) is 10.6 Å². The summed E-state index contributed by atoms with van der Waals surface area (Å²) >= 11 is 0. The van der Waals surface area contributed by atoms with Gasteiger partial charge in [0.15, 0.2) is 6.61 Å². The standard InChI is InChI=1S/C15H20N2O2/c1-4-9-16-15(18)11-19-14-7-5-13(6-8-14)10-17-12(2)3/h1,5-8,12,17H,9-11H2,2-3H3,(H,16,18). The lowest BCUT2D eigenvalue weighted by Crippen LogP contribution is -2.29. The molecule has 0 aliphatic rings. The van der Waals surface area contributed by atoms with E-state index >= 15 is 0 Å². The molecule has 4 heteroatoms. The van der Waals surface area contributed by atoms with E-state index in [1.807, 2.05) is 24.3 Å². The molecule has 19 heavy (non-hydrogen) atoms. The van der Waals surface area contributed by atoms with Crippen LogP contribution in [0.3, 0.4) is 0 Å². The fourth-order valence-corrected chi connectivity index (χ4v) is 1.38. The normalized spacial score (nSPS) is 10.0. The zero-order valence-corrected chi connectivity index (χ0v) is 11.4. The molecular formula is C15H20N2O2. The first kappa shape index (κ1) is 15.1. The maximum absolute atomic E-state index is 11.3. The van der Waals surface area contributed by atoms with Gasteiger partial charge in [0.1, 0.15) is 5.75 Å². The Morgan fingerprint density at radius 3 is 2.63 bits per heavy atom. The molecule has 0 aliphatic carbocycles. The lowest BCUT2D eigenvalue weighted by molar-refractivity contribution is -0.122. The summed E-state index contributed by atoms with van der Waals surface area (Å²) in [5.74, 6) is 2.78. The Morgan fingerprint density at radius 2 is 2.05 bits per heavy atom. The van der Waals surface area contributed by atoms with Crippen molar-refractivity contribution in [3.05, 3.63) is 29.8 Å². The summed E-state index contributed by atoms with van der Waals surface area (Å²) < 4.78 is 5.34. The molecule has 0 bridgehead atoms. The number of nitrogens with one attached hydrogen (secondary N) is 2. The van der Waals surface area contributed by atoms with Gasteiger partial charge in [-0.1, -0.05) is 31.9 Å². The Hall–Kier alpha value is -1.99. The van der Waals surface area contributed by atoms with Gasteiger partial charge in [-0.15, -0.1) is 6.42 Å². The second-order valence-electron chi connectivity index (χ2n) is 4.45. The van der Waals surface area contributed by atoms with Crippen molar-refractivity contribution < 1.29 is 9.53 Å². The van der Waals surface area contributed by atoms with Crippen LogP contribution in [0.4, 0.5) is 0 Å². The molecule has 1 aromatic carbocycles. The third-order valence-electron chi connectivity index (χ3n) is 2.40. The van der Waals surface area contributed by atoms with Crippen LogP contribution in [0.1, 0.15) is 19.4 Å². The maximum Gasteiger partial charge on any atom is 0.258 e. The highest BCUT2D eigenvalue weighted by atomic mass is 16.5. The highest BCUT2D eigenvalue weighted by molar-refractivity contribution is 5.77. The van der Waals surface area contributed by atoms with Crippen LogP contribution in [0.15, 0.2) is 24.3 Å². The number of benzene rings is 1. The maximum atomic E-state index is 11.3. The quantitative estimate of drug-likeness (QED) is 0.727. The molecule has 0 heterocycles. The van der Waals surface area contributed by atoms with Crippen LogP contribution in [-0.2, 0) is 11.3 Å². The van der Waals surface area contributed by atoms with Gasteiger partial charge in [-0.2, -0.15) is 0 Å². The minimum Gasteiger partial charge on any atom is -0.484 e. The van der Waals surface area contributed by atoms with E-state index in [-0.39, 0.29) is 19.1 Å². The number of carbonyl (C=O) groups excluding carboxylic acids is 1. The van der Waals surface area contributed by atoms with Crippen LogP contribution < -0.4 is 15.4 Å². The van der Waals surface area contributed by atoms with Crippen molar-refractivity contribution in [3.63, 3.8) is 0 Å². The molecule has 0 saturated heterocycles. The predicted molar refractivity (Wildman–Crippen MR) is 75.8 cm³/mol. The smallest absolute Gasteiger partial charge is 0.258 e. The first-order chi connectivity index (χ1) is 9.11. The van der Waals surface area contributed by atoms with E-state index in [2.05, 4.69) is 30.4 Å². The van der Waals surface area contributed by atoms with Crippen LogP contribution >= 0.6 is 0 Å². The molecule has 0 radical (unpaired) electrons. The summed E-state index contributed by atoms with van der Waals surface area (Å²) in [5.41, 5.74) is 1.18. The van der Waals surface area contributed by atoms with E-state index in [1.165, 1.54) is 5.56 Å². The lowest BCUT2D eigenvalue weighted by atomic mass is 10.2. The number of terminal acetylenes is 1. The summed E-state index contributed by atoms with van der Waals surface area (Å²) in [6.45, 7) is 5.23. The van der Waals surface area contributed by atoms with Gasteiger partial charge < -0.3 is 15.4 Å². The van der Waals surface area contributed by atoms with E-state index in [4.69, 9.17) is 11.2 Å². The van der Waals surface area contributed by atoms with Crippen molar-refractivity contribution in [1.29, 1.82) is 0 Å². The molecule has 102 valence electrons. The molecule has 0 saturated carbocycles. The number of carbonyl (C=O) groups is 1. The van der Waals surface area contributed by atoms with Gasteiger partial charge in [0.2, 0.25) is 0 Å². The molecule has 1 rings (SSSR count). The largest absolute Gasteiger partial charge is 0.484 e. The summed E-state index contributed by atoms with van der Waals surface area (Å²) in [5, 5.41) is 5.87. The highest BCUT2D eigenvalue weighted by Crippen LogP contribution is 2.12. The Morgan fingerprint density at radius 1 is 1.37 bits per heavy atom. The van der Waals surface area contributed by atoms with E-state index in [0.717, 1.165) is 6.54 Å². The molecule has 1 aromatic rings. The van der Waals surface area contributed by atoms with Gasteiger partial charge in [-0.3, -0.25) is 4.79 Å². The molecule has 0 unspecified atom stereocenters. The van der Waals surface area contributed by atoms with Crippen LogP contribution in [0.25, 0.3) is 0 Å². The van der Waals surface area contributed by atoms with Gasteiger partial charge in [-0.25, -0.2) is 0 Å². The van der Waals surface area contributed by atoms with Gasteiger partial charge in [0.05, 0.1) is 6.54 Å². The third kappa shape index (κ3) is 6.49. The van der Waals surface area contributed by atoms with Gasteiger partial charge in [0.25, 0.3) is 5.91 Å². The summed E-state index contributed by atoms with van der Waals surface area (Å²) in [7, 11) is 0. The highest BCUT2D eigenvalue weighted by Gasteiger charge is 2.01. The monoisotopic (exact) mass is 260 g/mol. The van der Waals surface area contributed by atoms with Crippen molar-refractivity contribution >= 4 is 5.91 Å². The molecular weight excluding hydrogens is 240 g/mol. The van der Waals surface area contributed by atoms with Crippen LogP contribution in [0, 0.1) is 12.3 Å². The molecule has 0 spiro atoms. The molecule has 0 atom stereocenters. The molecule has 1 amide bonds. The second kappa shape index (κ2) is 8.17. The number of amides is 1. The Kier molecular flexibility index (Phi) is 6.48. The van der Waals surface area contributed by atoms with Crippen LogP contribution in [0.5, 0.6) is 5.75 Å². The minimum atomic E-state index is -0.219. The average Bonchev–Trinajstić information content (AvgIpc) is 2.41. The topological polar surface area (TPSA) is 50.4 Å². The SMILES string of the molecule is C#CCNC(=O)COc1ccc(CNC(C)C)cc1. The van der Waals surface area contributed by atoms with Crippen molar-refractivity contribution in [2.45, 2.75) is 26.4 Å². The lowest BCUT2D eigenvalue weighted by Gasteiger charge is -2.09.